The molecule has 0 aliphatic carbocycles. The minimum Gasteiger partial charge on any atom is -0.381 e. The van der Waals surface area contributed by atoms with Gasteiger partial charge >= 0.3 is 6.03 Å². The summed E-state index contributed by atoms with van der Waals surface area (Å²) in [7, 11) is 0. The third-order valence-electron chi connectivity index (χ3n) is 2.86. The molecular weight excluding hydrogens is 274 g/mol. The van der Waals surface area contributed by atoms with Crippen LogP contribution in [0.5, 0.6) is 0 Å². The topological polar surface area (TPSA) is 67.2 Å². The number of amides is 2. The molecule has 20 heavy (non-hydrogen) atoms. The van der Waals surface area contributed by atoms with Crippen molar-refractivity contribution in [3.63, 3.8) is 0 Å². The largest absolute Gasteiger partial charge is 0.381 e. The van der Waals surface area contributed by atoms with Gasteiger partial charge in [0.05, 0.1) is 0 Å². The zero-order chi connectivity index (χ0) is 14.5. The second-order valence-electron chi connectivity index (χ2n) is 4.51. The van der Waals surface area contributed by atoms with E-state index >= 15 is 0 Å². The van der Waals surface area contributed by atoms with Crippen molar-refractivity contribution < 1.29 is 4.79 Å². The highest BCUT2D eigenvalue weighted by molar-refractivity contribution is 6.31. The van der Waals surface area contributed by atoms with Gasteiger partial charge in [-0.25, -0.2) is 4.79 Å². The molecule has 0 bridgehead atoms. The van der Waals surface area contributed by atoms with Gasteiger partial charge in [-0.1, -0.05) is 29.8 Å². The van der Waals surface area contributed by atoms with E-state index in [0.29, 0.717) is 12.2 Å². The van der Waals surface area contributed by atoms with Crippen LogP contribution in [0, 0.1) is 6.92 Å². The summed E-state index contributed by atoms with van der Waals surface area (Å²) in [5.74, 6) is 0. The zero-order valence-corrected chi connectivity index (χ0v) is 11.9. The number of urea groups is 1. The number of halogens is 1. The lowest BCUT2D eigenvalue weighted by Gasteiger charge is -2.09. The molecular formula is C15H16ClN3O. The summed E-state index contributed by atoms with van der Waals surface area (Å²) in [5.41, 5.74) is 8.79. The van der Waals surface area contributed by atoms with E-state index in [2.05, 4.69) is 10.6 Å². The monoisotopic (exact) mass is 289 g/mol. The number of benzene rings is 2. The average Bonchev–Trinajstić information content (AvgIpc) is 2.40. The number of nitrogens with one attached hydrogen (secondary N) is 2. The predicted octanol–water partition coefficient (Wildman–Crippen LogP) is 3.75. The summed E-state index contributed by atoms with van der Waals surface area (Å²) >= 11 is 6.09. The van der Waals surface area contributed by atoms with Crippen molar-refractivity contribution in [2.24, 2.45) is 5.73 Å². The van der Waals surface area contributed by atoms with Crippen molar-refractivity contribution in [3.8, 4) is 0 Å². The van der Waals surface area contributed by atoms with Gasteiger partial charge in [0, 0.05) is 22.9 Å². The average molecular weight is 290 g/mol. The first kappa shape index (κ1) is 14.2. The summed E-state index contributed by atoms with van der Waals surface area (Å²) in [6.45, 7) is 2.62. The number of rotatable bonds is 4. The lowest BCUT2D eigenvalue weighted by atomic mass is 10.1. The van der Waals surface area contributed by atoms with Gasteiger partial charge in [0.2, 0.25) is 0 Å². The molecule has 0 fully saturated rings. The van der Waals surface area contributed by atoms with Gasteiger partial charge in [-0.15, -0.1) is 0 Å². The fourth-order valence-electron chi connectivity index (χ4n) is 1.80. The normalized spacial score (nSPS) is 10.1. The van der Waals surface area contributed by atoms with E-state index in [9.17, 15) is 4.79 Å². The number of hydrogen-bond donors (Lipinski definition) is 3. The lowest BCUT2D eigenvalue weighted by Crippen LogP contribution is -2.19. The Hall–Kier alpha value is -2.20. The first-order valence-electron chi connectivity index (χ1n) is 6.20. The van der Waals surface area contributed by atoms with Crippen molar-refractivity contribution in [3.05, 3.63) is 58.6 Å². The maximum absolute atomic E-state index is 10.8. The minimum atomic E-state index is -0.576. The van der Waals surface area contributed by atoms with Crippen LogP contribution in [-0.4, -0.2) is 6.03 Å². The number of carbonyl (C=O) groups is 1. The van der Waals surface area contributed by atoms with Crippen LogP contribution >= 0.6 is 11.6 Å². The highest BCUT2D eigenvalue weighted by Gasteiger charge is 2.00. The van der Waals surface area contributed by atoms with Crippen LogP contribution in [-0.2, 0) is 6.54 Å². The molecule has 4 N–H and O–H groups in total. The summed E-state index contributed by atoms with van der Waals surface area (Å²) in [4.78, 5) is 10.8. The van der Waals surface area contributed by atoms with E-state index in [1.807, 2.05) is 43.3 Å². The number of hydrogen-bond acceptors (Lipinski definition) is 2. The molecule has 2 rings (SSSR count). The number of carbonyl (C=O) groups excluding carboxylic acids is 1. The van der Waals surface area contributed by atoms with Crippen molar-refractivity contribution in [2.75, 3.05) is 10.6 Å². The molecule has 104 valence electrons. The molecule has 0 unspecified atom stereocenters. The van der Waals surface area contributed by atoms with Crippen LogP contribution in [0.15, 0.2) is 42.5 Å². The zero-order valence-electron chi connectivity index (χ0n) is 11.1. The molecule has 2 aromatic carbocycles. The van der Waals surface area contributed by atoms with E-state index in [4.69, 9.17) is 17.3 Å². The Morgan fingerprint density at radius 2 is 1.95 bits per heavy atom. The standard InChI is InChI=1S/C15H16ClN3O/c1-10-5-6-11(7-14(10)16)9-18-12-3-2-4-13(8-12)19-15(17)20/h2-8,18H,9H2,1H3,(H3,17,19,20). The van der Waals surface area contributed by atoms with Crippen LogP contribution < -0.4 is 16.4 Å². The van der Waals surface area contributed by atoms with Crippen molar-refractivity contribution in [1.29, 1.82) is 0 Å². The molecule has 0 aromatic heterocycles. The molecule has 0 radical (unpaired) electrons. The molecule has 2 amide bonds. The molecule has 0 heterocycles. The summed E-state index contributed by atoms with van der Waals surface area (Å²) in [6.07, 6.45) is 0. The Balaban J connectivity index is 2.03. The van der Waals surface area contributed by atoms with Crippen molar-refractivity contribution >= 4 is 29.0 Å². The van der Waals surface area contributed by atoms with Gasteiger partial charge in [0.15, 0.2) is 0 Å². The molecule has 0 aliphatic rings. The molecule has 0 atom stereocenters. The summed E-state index contributed by atoms with van der Waals surface area (Å²) in [6, 6.07) is 12.7. The molecule has 2 aromatic rings. The van der Waals surface area contributed by atoms with Crippen LogP contribution in [0.3, 0.4) is 0 Å². The smallest absolute Gasteiger partial charge is 0.316 e. The third kappa shape index (κ3) is 3.90. The quantitative estimate of drug-likeness (QED) is 0.802. The maximum Gasteiger partial charge on any atom is 0.316 e. The number of primary amides is 1. The van der Waals surface area contributed by atoms with E-state index in [1.54, 1.807) is 6.07 Å². The molecule has 0 spiro atoms. The van der Waals surface area contributed by atoms with Crippen molar-refractivity contribution in [2.45, 2.75) is 13.5 Å². The van der Waals surface area contributed by atoms with Crippen LogP contribution in [0.1, 0.15) is 11.1 Å². The van der Waals surface area contributed by atoms with Gasteiger partial charge in [0.25, 0.3) is 0 Å². The fourth-order valence-corrected chi connectivity index (χ4v) is 2.00. The second-order valence-corrected chi connectivity index (χ2v) is 4.91. The maximum atomic E-state index is 10.8. The molecule has 4 nitrogen and oxygen atoms in total. The Morgan fingerprint density at radius 3 is 2.65 bits per heavy atom. The van der Waals surface area contributed by atoms with E-state index in [1.165, 1.54) is 0 Å². The summed E-state index contributed by atoms with van der Waals surface area (Å²) < 4.78 is 0. The molecule has 0 aliphatic heterocycles. The summed E-state index contributed by atoms with van der Waals surface area (Å²) in [5, 5.41) is 6.57. The van der Waals surface area contributed by atoms with E-state index in [-0.39, 0.29) is 0 Å². The lowest BCUT2D eigenvalue weighted by molar-refractivity contribution is 0.259. The van der Waals surface area contributed by atoms with Gasteiger partial charge in [-0.3, -0.25) is 0 Å². The first-order chi connectivity index (χ1) is 9.54. The van der Waals surface area contributed by atoms with Crippen LogP contribution in [0.4, 0.5) is 16.2 Å². The Labute approximate surface area is 122 Å². The van der Waals surface area contributed by atoms with Gasteiger partial charge < -0.3 is 16.4 Å². The predicted molar refractivity (Wildman–Crippen MR) is 83.2 cm³/mol. The molecule has 5 heteroatoms. The van der Waals surface area contributed by atoms with Crippen LogP contribution in [0.25, 0.3) is 0 Å². The Morgan fingerprint density at radius 1 is 1.20 bits per heavy atom. The Kier molecular flexibility index (Phi) is 4.48. The van der Waals surface area contributed by atoms with Gasteiger partial charge in [-0.05, 0) is 42.3 Å². The minimum absolute atomic E-state index is 0.576. The highest BCUT2D eigenvalue weighted by Crippen LogP contribution is 2.19. The van der Waals surface area contributed by atoms with Gasteiger partial charge in [-0.2, -0.15) is 0 Å². The van der Waals surface area contributed by atoms with Crippen molar-refractivity contribution in [1.82, 2.24) is 0 Å². The fraction of sp³-hybridized carbons (Fsp3) is 0.133. The van der Waals surface area contributed by atoms with Crippen LogP contribution in [0.2, 0.25) is 5.02 Å². The third-order valence-corrected chi connectivity index (χ3v) is 3.27. The molecule has 0 saturated carbocycles. The number of aryl methyl sites for hydroxylation is 1. The van der Waals surface area contributed by atoms with E-state index < -0.39 is 6.03 Å². The molecule has 0 saturated heterocycles. The second kappa shape index (κ2) is 6.30. The van der Waals surface area contributed by atoms with Gasteiger partial charge in [0.1, 0.15) is 0 Å². The number of anilines is 2. The SMILES string of the molecule is Cc1ccc(CNc2cccc(NC(N)=O)c2)cc1Cl. The Bertz CT molecular complexity index is 628. The van der Waals surface area contributed by atoms with E-state index in [0.717, 1.165) is 21.8 Å². The first-order valence-corrected chi connectivity index (χ1v) is 6.58. The number of nitrogens with two attached hydrogens (primary N) is 1. The highest BCUT2D eigenvalue weighted by atomic mass is 35.5.